The highest BCUT2D eigenvalue weighted by Gasteiger charge is 2.25. The number of nitrogens with zero attached hydrogens (tertiary/aromatic N) is 1. The van der Waals surface area contributed by atoms with E-state index >= 15 is 0 Å². The fraction of sp³-hybridized carbons (Fsp3) is 0.625. The summed E-state index contributed by atoms with van der Waals surface area (Å²) in [5, 5.41) is 13.2. The van der Waals surface area contributed by atoms with Gasteiger partial charge in [-0.05, 0) is 31.5 Å². The third kappa shape index (κ3) is 3.87. The second-order valence-electron chi connectivity index (χ2n) is 5.39. The molecule has 1 aromatic carbocycles. The summed E-state index contributed by atoms with van der Waals surface area (Å²) in [7, 11) is 1.64. The van der Waals surface area contributed by atoms with Crippen molar-refractivity contribution in [1.29, 1.82) is 0 Å². The molecule has 0 radical (unpaired) electrons. The van der Waals surface area contributed by atoms with Crippen LogP contribution in [-0.4, -0.2) is 56.0 Å². The summed E-state index contributed by atoms with van der Waals surface area (Å²) < 4.78 is 11.0. The predicted octanol–water partition coefficient (Wildman–Crippen LogP) is 1.42. The number of aliphatic hydroxyl groups is 1. The second kappa shape index (κ2) is 7.64. The fourth-order valence-electron chi connectivity index (χ4n) is 2.84. The van der Waals surface area contributed by atoms with Gasteiger partial charge in [0.1, 0.15) is 0 Å². The molecular weight excluding hydrogens is 268 g/mol. The standard InChI is InChI=1S/C16H26N2O3/c1-4-21-15-6-5-13(9-16(15)20-3)14(11-19)18-8-7-17-12(2)10-18/h5-6,9,12,14,17,19H,4,7-8,10-11H2,1-3H3. The molecule has 2 N–H and O–H groups in total. The first-order chi connectivity index (χ1) is 10.2. The molecular formula is C16H26N2O3. The summed E-state index contributed by atoms with van der Waals surface area (Å²) >= 11 is 0. The number of aliphatic hydroxyl groups excluding tert-OH is 1. The van der Waals surface area contributed by atoms with E-state index < -0.39 is 0 Å². The van der Waals surface area contributed by atoms with Crippen molar-refractivity contribution in [3.8, 4) is 11.5 Å². The first-order valence-corrected chi connectivity index (χ1v) is 7.58. The average Bonchev–Trinajstić information content (AvgIpc) is 2.49. The molecule has 2 rings (SSSR count). The van der Waals surface area contributed by atoms with E-state index in [2.05, 4.69) is 17.1 Å². The Hall–Kier alpha value is -1.30. The van der Waals surface area contributed by atoms with E-state index in [9.17, 15) is 5.11 Å². The minimum absolute atomic E-state index is 0.000809. The van der Waals surface area contributed by atoms with Gasteiger partial charge in [0.05, 0.1) is 26.4 Å². The number of ether oxygens (including phenoxy) is 2. The monoisotopic (exact) mass is 294 g/mol. The van der Waals surface area contributed by atoms with Gasteiger partial charge in [-0.25, -0.2) is 0 Å². The van der Waals surface area contributed by atoms with E-state index in [1.807, 2.05) is 25.1 Å². The normalized spacial score (nSPS) is 21.0. The van der Waals surface area contributed by atoms with E-state index in [0.29, 0.717) is 12.6 Å². The van der Waals surface area contributed by atoms with Gasteiger partial charge < -0.3 is 19.9 Å². The fourth-order valence-corrected chi connectivity index (χ4v) is 2.84. The molecule has 118 valence electrons. The summed E-state index contributed by atoms with van der Waals surface area (Å²) in [6.45, 7) is 7.64. The van der Waals surface area contributed by atoms with Gasteiger partial charge in [0.15, 0.2) is 11.5 Å². The lowest BCUT2D eigenvalue weighted by atomic mass is 10.0. The molecule has 1 fully saturated rings. The van der Waals surface area contributed by atoms with Crippen molar-refractivity contribution in [2.24, 2.45) is 0 Å². The maximum Gasteiger partial charge on any atom is 0.161 e. The molecule has 0 aliphatic carbocycles. The molecule has 0 saturated carbocycles. The van der Waals surface area contributed by atoms with E-state index in [-0.39, 0.29) is 12.6 Å². The molecule has 0 aromatic heterocycles. The number of nitrogens with one attached hydrogen (secondary N) is 1. The van der Waals surface area contributed by atoms with Crippen molar-refractivity contribution in [3.05, 3.63) is 23.8 Å². The number of methoxy groups -OCH3 is 1. The predicted molar refractivity (Wildman–Crippen MR) is 83.0 cm³/mol. The number of hydrogen-bond acceptors (Lipinski definition) is 5. The zero-order valence-corrected chi connectivity index (χ0v) is 13.1. The Morgan fingerprint density at radius 3 is 2.86 bits per heavy atom. The quantitative estimate of drug-likeness (QED) is 0.831. The Balaban J connectivity index is 2.21. The van der Waals surface area contributed by atoms with Crippen LogP contribution < -0.4 is 14.8 Å². The van der Waals surface area contributed by atoms with Crippen LogP contribution >= 0.6 is 0 Å². The van der Waals surface area contributed by atoms with Crippen LogP contribution in [0.4, 0.5) is 0 Å². The van der Waals surface area contributed by atoms with Crippen LogP contribution in [0.1, 0.15) is 25.5 Å². The summed E-state index contributed by atoms with van der Waals surface area (Å²) in [6, 6.07) is 6.35. The lowest BCUT2D eigenvalue weighted by Gasteiger charge is -2.37. The molecule has 2 atom stereocenters. The van der Waals surface area contributed by atoms with E-state index in [1.165, 1.54) is 0 Å². The van der Waals surface area contributed by atoms with Crippen LogP contribution in [0, 0.1) is 0 Å². The van der Waals surface area contributed by atoms with Crippen molar-refractivity contribution in [1.82, 2.24) is 10.2 Å². The molecule has 1 saturated heterocycles. The zero-order valence-electron chi connectivity index (χ0n) is 13.1. The van der Waals surface area contributed by atoms with Gasteiger partial charge in [-0.2, -0.15) is 0 Å². The smallest absolute Gasteiger partial charge is 0.161 e. The summed E-state index contributed by atoms with van der Waals surface area (Å²) in [5.74, 6) is 1.46. The zero-order chi connectivity index (χ0) is 15.2. The van der Waals surface area contributed by atoms with Crippen LogP contribution in [0.15, 0.2) is 18.2 Å². The third-order valence-electron chi connectivity index (χ3n) is 3.89. The van der Waals surface area contributed by atoms with Crippen molar-refractivity contribution in [2.45, 2.75) is 25.9 Å². The minimum atomic E-state index is -0.000809. The minimum Gasteiger partial charge on any atom is -0.493 e. The van der Waals surface area contributed by atoms with Crippen molar-refractivity contribution >= 4 is 0 Å². The summed E-state index contributed by atoms with van der Waals surface area (Å²) in [4.78, 5) is 2.32. The van der Waals surface area contributed by atoms with Gasteiger partial charge >= 0.3 is 0 Å². The molecule has 0 bridgehead atoms. The molecule has 1 aromatic rings. The van der Waals surface area contributed by atoms with Crippen LogP contribution in [-0.2, 0) is 0 Å². The molecule has 1 aliphatic heterocycles. The first-order valence-electron chi connectivity index (χ1n) is 7.58. The van der Waals surface area contributed by atoms with E-state index in [1.54, 1.807) is 7.11 Å². The average molecular weight is 294 g/mol. The SMILES string of the molecule is CCOc1ccc(C(CO)N2CCNC(C)C2)cc1OC. The molecule has 5 nitrogen and oxygen atoms in total. The largest absolute Gasteiger partial charge is 0.493 e. The molecule has 21 heavy (non-hydrogen) atoms. The van der Waals surface area contributed by atoms with E-state index in [0.717, 1.165) is 36.7 Å². The Morgan fingerprint density at radius 2 is 2.24 bits per heavy atom. The second-order valence-corrected chi connectivity index (χ2v) is 5.39. The van der Waals surface area contributed by atoms with Crippen molar-refractivity contribution in [3.63, 3.8) is 0 Å². The van der Waals surface area contributed by atoms with Gasteiger partial charge in [-0.3, -0.25) is 4.90 Å². The van der Waals surface area contributed by atoms with Gasteiger partial charge in [0.25, 0.3) is 0 Å². The highest BCUT2D eigenvalue weighted by atomic mass is 16.5. The number of benzene rings is 1. The lowest BCUT2D eigenvalue weighted by Crippen LogP contribution is -2.50. The van der Waals surface area contributed by atoms with Crippen molar-refractivity contribution in [2.75, 3.05) is 40.0 Å². The molecule has 0 spiro atoms. The number of piperazine rings is 1. The Labute approximate surface area is 126 Å². The summed E-state index contributed by atoms with van der Waals surface area (Å²) in [5.41, 5.74) is 1.06. The van der Waals surface area contributed by atoms with Gasteiger partial charge in [-0.1, -0.05) is 6.07 Å². The van der Waals surface area contributed by atoms with Crippen LogP contribution in [0.25, 0.3) is 0 Å². The maximum atomic E-state index is 9.82. The highest BCUT2D eigenvalue weighted by Crippen LogP contribution is 2.32. The molecule has 5 heteroatoms. The van der Waals surface area contributed by atoms with Crippen molar-refractivity contribution < 1.29 is 14.6 Å². The van der Waals surface area contributed by atoms with Gasteiger partial charge in [-0.15, -0.1) is 0 Å². The van der Waals surface area contributed by atoms with Crippen LogP contribution in [0.5, 0.6) is 11.5 Å². The number of hydrogen-bond donors (Lipinski definition) is 2. The number of rotatable bonds is 6. The summed E-state index contributed by atoms with van der Waals surface area (Å²) in [6.07, 6.45) is 0. The van der Waals surface area contributed by atoms with Crippen LogP contribution in [0.2, 0.25) is 0 Å². The molecule has 0 amide bonds. The lowest BCUT2D eigenvalue weighted by molar-refractivity contribution is 0.0961. The first kappa shape index (κ1) is 16.1. The third-order valence-corrected chi connectivity index (χ3v) is 3.89. The molecule has 2 unspecified atom stereocenters. The Bertz CT molecular complexity index is 453. The molecule has 1 aliphatic rings. The van der Waals surface area contributed by atoms with E-state index in [4.69, 9.17) is 9.47 Å². The Kier molecular flexibility index (Phi) is 5.85. The maximum absolute atomic E-state index is 9.82. The Morgan fingerprint density at radius 1 is 1.43 bits per heavy atom. The topological polar surface area (TPSA) is 54.0 Å². The molecule has 1 heterocycles. The van der Waals surface area contributed by atoms with Gasteiger partial charge in [0.2, 0.25) is 0 Å². The van der Waals surface area contributed by atoms with Crippen LogP contribution in [0.3, 0.4) is 0 Å². The van der Waals surface area contributed by atoms with Gasteiger partial charge in [0, 0.05) is 25.7 Å². The highest BCUT2D eigenvalue weighted by molar-refractivity contribution is 5.44.